The normalized spacial score (nSPS) is 12.2. The molecule has 3 aromatic rings. The van der Waals surface area contributed by atoms with Gasteiger partial charge in [0.2, 0.25) is 0 Å². The molecule has 2 aromatic heterocycles. The second-order valence-electron chi connectivity index (χ2n) is 5.34. The number of aromatic amines is 2. The lowest BCUT2D eigenvalue weighted by atomic mass is 10.1. The van der Waals surface area contributed by atoms with E-state index in [0.29, 0.717) is 29.0 Å². The third kappa shape index (κ3) is 2.83. The standard InChI is InChI=1S/C15H16N6O3/c1-3-21-7-16-20-12(21)8(2)17-13(22)9-4-5-10-11(6-9)19-15(24)14(23)18-10/h4-8H,3H2,1-2H3,(H,17,22)(H,18,23)(H,19,24)/t8-/m0/s1. The summed E-state index contributed by atoms with van der Waals surface area (Å²) in [7, 11) is 0. The number of hydrogen-bond acceptors (Lipinski definition) is 5. The van der Waals surface area contributed by atoms with Gasteiger partial charge in [0.1, 0.15) is 6.33 Å². The SMILES string of the molecule is CCn1cnnc1[C@H](C)NC(=O)c1ccc2[nH]c(=O)c(=O)[nH]c2c1. The van der Waals surface area contributed by atoms with E-state index in [1.54, 1.807) is 18.5 Å². The van der Waals surface area contributed by atoms with Gasteiger partial charge in [0.15, 0.2) is 5.82 Å². The van der Waals surface area contributed by atoms with E-state index in [4.69, 9.17) is 0 Å². The van der Waals surface area contributed by atoms with Crippen LogP contribution in [0, 0.1) is 0 Å². The molecular weight excluding hydrogens is 312 g/mol. The molecule has 0 spiro atoms. The monoisotopic (exact) mass is 328 g/mol. The van der Waals surface area contributed by atoms with Crippen molar-refractivity contribution >= 4 is 16.9 Å². The summed E-state index contributed by atoms with van der Waals surface area (Å²) < 4.78 is 1.84. The van der Waals surface area contributed by atoms with Crippen molar-refractivity contribution < 1.29 is 4.79 Å². The summed E-state index contributed by atoms with van der Waals surface area (Å²) >= 11 is 0. The molecule has 9 heteroatoms. The molecule has 3 rings (SSSR count). The van der Waals surface area contributed by atoms with Crippen LogP contribution >= 0.6 is 0 Å². The van der Waals surface area contributed by atoms with Crippen LogP contribution in [-0.2, 0) is 6.54 Å². The fourth-order valence-electron chi connectivity index (χ4n) is 2.44. The second kappa shape index (κ2) is 6.11. The maximum Gasteiger partial charge on any atom is 0.314 e. The first kappa shape index (κ1) is 15.7. The van der Waals surface area contributed by atoms with E-state index in [9.17, 15) is 14.4 Å². The molecule has 0 saturated carbocycles. The summed E-state index contributed by atoms with van der Waals surface area (Å²) in [5.41, 5.74) is -0.289. The van der Waals surface area contributed by atoms with Gasteiger partial charge in [-0.25, -0.2) is 0 Å². The molecular formula is C15H16N6O3. The van der Waals surface area contributed by atoms with Gasteiger partial charge in [0, 0.05) is 12.1 Å². The first-order chi connectivity index (χ1) is 11.5. The Balaban J connectivity index is 1.87. The number of hydrogen-bond donors (Lipinski definition) is 3. The highest BCUT2D eigenvalue weighted by Crippen LogP contribution is 2.13. The molecule has 0 fully saturated rings. The number of benzene rings is 1. The van der Waals surface area contributed by atoms with Crippen LogP contribution < -0.4 is 16.4 Å². The molecule has 0 saturated heterocycles. The molecule has 0 aliphatic rings. The molecule has 9 nitrogen and oxygen atoms in total. The number of nitrogens with one attached hydrogen (secondary N) is 3. The molecule has 0 bridgehead atoms. The zero-order valence-corrected chi connectivity index (χ0v) is 13.2. The first-order valence-corrected chi connectivity index (χ1v) is 7.44. The van der Waals surface area contributed by atoms with Crippen molar-refractivity contribution in [3.8, 4) is 0 Å². The molecule has 3 N–H and O–H groups in total. The molecule has 0 aliphatic carbocycles. The van der Waals surface area contributed by atoms with Gasteiger partial charge in [-0.15, -0.1) is 10.2 Å². The highest BCUT2D eigenvalue weighted by molar-refractivity contribution is 5.97. The van der Waals surface area contributed by atoms with Crippen molar-refractivity contribution in [3.05, 3.63) is 56.6 Å². The predicted molar refractivity (Wildman–Crippen MR) is 86.8 cm³/mol. The Hall–Kier alpha value is -3.23. The van der Waals surface area contributed by atoms with Crippen LogP contribution in [0.5, 0.6) is 0 Å². The maximum absolute atomic E-state index is 12.4. The maximum atomic E-state index is 12.4. The Morgan fingerprint density at radius 2 is 1.96 bits per heavy atom. The van der Waals surface area contributed by atoms with Crippen molar-refractivity contribution in [2.45, 2.75) is 26.4 Å². The minimum Gasteiger partial charge on any atom is -0.342 e. The molecule has 24 heavy (non-hydrogen) atoms. The van der Waals surface area contributed by atoms with E-state index in [1.165, 1.54) is 6.07 Å². The summed E-state index contributed by atoms with van der Waals surface area (Å²) in [6.07, 6.45) is 1.61. The predicted octanol–water partition coefficient (Wildman–Crippen LogP) is 0.319. The minimum absolute atomic E-state index is 0.317. The molecule has 1 aromatic carbocycles. The van der Waals surface area contributed by atoms with Crippen molar-refractivity contribution in [2.24, 2.45) is 0 Å². The number of rotatable bonds is 4. The molecule has 0 radical (unpaired) electrons. The van der Waals surface area contributed by atoms with E-state index in [-0.39, 0.29) is 11.9 Å². The van der Waals surface area contributed by atoms with Gasteiger partial charge in [-0.3, -0.25) is 14.4 Å². The number of fused-ring (bicyclic) bond motifs is 1. The van der Waals surface area contributed by atoms with E-state index >= 15 is 0 Å². The molecule has 0 aliphatic heterocycles. The zero-order valence-electron chi connectivity index (χ0n) is 13.2. The van der Waals surface area contributed by atoms with Crippen LogP contribution in [0.25, 0.3) is 11.0 Å². The van der Waals surface area contributed by atoms with Gasteiger partial charge in [-0.1, -0.05) is 0 Å². The Labute approximate surface area is 135 Å². The fourth-order valence-corrected chi connectivity index (χ4v) is 2.44. The lowest BCUT2D eigenvalue weighted by Crippen LogP contribution is -2.30. The Bertz CT molecular complexity index is 1020. The number of nitrogens with zero attached hydrogens (tertiary/aromatic N) is 3. The average Bonchev–Trinajstić information content (AvgIpc) is 3.04. The molecule has 0 unspecified atom stereocenters. The van der Waals surface area contributed by atoms with Gasteiger partial charge in [0.05, 0.1) is 17.1 Å². The van der Waals surface area contributed by atoms with Crippen molar-refractivity contribution in [1.29, 1.82) is 0 Å². The van der Waals surface area contributed by atoms with Crippen molar-refractivity contribution in [2.75, 3.05) is 0 Å². The lowest BCUT2D eigenvalue weighted by molar-refractivity contribution is 0.0937. The molecule has 2 heterocycles. The first-order valence-electron chi connectivity index (χ1n) is 7.44. The van der Waals surface area contributed by atoms with Gasteiger partial charge in [-0.2, -0.15) is 0 Å². The average molecular weight is 328 g/mol. The van der Waals surface area contributed by atoms with Gasteiger partial charge < -0.3 is 19.9 Å². The summed E-state index contributed by atoms with van der Waals surface area (Å²) in [6.45, 7) is 4.48. The number of amides is 1. The van der Waals surface area contributed by atoms with E-state index in [1.807, 2.05) is 18.4 Å². The number of carbonyl (C=O) groups excluding carboxylic acids is 1. The summed E-state index contributed by atoms with van der Waals surface area (Å²) in [5.74, 6) is 0.339. The van der Waals surface area contributed by atoms with Crippen LogP contribution in [0.3, 0.4) is 0 Å². The van der Waals surface area contributed by atoms with E-state index in [2.05, 4.69) is 25.5 Å². The lowest BCUT2D eigenvalue weighted by Gasteiger charge is -2.14. The summed E-state index contributed by atoms with van der Waals surface area (Å²) in [6, 6.07) is 4.33. The highest BCUT2D eigenvalue weighted by Gasteiger charge is 2.16. The smallest absolute Gasteiger partial charge is 0.314 e. The quantitative estimate of drug-likeness (QED) is 0.595. The second-order valence-corrected chi connectivity index (χ2v) is 5.34. The molecule has 1 amide bonds. The van der Waals surface area contributed by atoms with Gasteiger partial charge >= 0.3 is 11.1 Å². The summed E-state index contributed by atoms with van der Waals surface area (Å²) in [5, 5.41) is 10.7. The van der Waals surface area contributed by atoms with Crippen LogP contribution in [0.4, 0.5) is 0 Å². The Morgan fingerprint density at radius 1 is 1.25 bits per heavy atom. The fraction of sp³-hybridized carbons (Fsp3) is 0.267. The zero-order chi connectivity index (χ0) is 17.3. The van der Waals surface area contributed by atoms with Gasteiger partial charge in [0.25, 0.3) is 5.91 Å². The number of carbonyl (C=O) groups is 1. The third-order valence-corrected chi connectivity index (χ3v) is 3.71. The molecule has 1 atom stereocenters. The van der Waals surface area contributed by atoms with Gasteiger partial charge in [-0.05, 0) is 32.0 Å². The van der Waals surface area contributed by atoms with Crippen LogP contribution in [-0.4, -0.2) is 30.6 Å². The Morgan fingerprint density at radius 3 is 2.67 bits per heavy atom. The molecule has 124 valence electrons. The minimum atomic E-state index is -0.760. The number of aryl methyl sites for hydroxylation is 1. The highest BCUT2D eigenvalue weighted by atomic mass is 16.2. The summed E-state index contributed by atoms with van der Waals surface area (Å²) in [4.78, 5) is 40.0. The largest absolute Gasteiger partial charge is 0.342 e. The third-order valence-electron chi connectivity index (χ3n) is 3.71. The number of H-pyrrole nitrogens is 2. The number of aromatic nitrogens is 5. The van der Waals surface area contributed by atoms with E-state index in [0.717, 1.165) is 0 Å². The topological polar surface area (TPSA) is 126 Å². The van der Waals surface area contributed by atoms with Crippen molar-refractivity contribution in [1.82, 2.24) is 30.0 Å². The van der Waals surface area contributed by atoms with Crippen LogP contribution in [0.15, 0.2) is 34.1 Å². The Kier molecular flexibility index (Phi) is 3.98. The van der Waals surface area contributed by atoms with E-state index < -0.39 is 11.1 Å². The van der Waals surface area contributed by atoms with Crippen molar-refractivity contribution in [3.63, 3.8) is 0 Å². The van der Waals surface area contributed by atoms with Crippen LogP contribution in [0.2, 0.25) is 0 Å². The van der Waals surface area contributed by atoms with Crippen LogP contribution in [0.1, 0.15) is 36.1 Å².